The fourth-order valence-corrected chi connectivity index (χ4v) is 1.47. The maximum atomic E-state index is 11.6. The van der Waals surface area contributed by atoms with E-state index in [0.29, 0.717) is 11.3 Å². The van der Waals surface area contributed by atoms with E-state index < -0.39 is 17.8 Å². The van der Waals surface area contributed by atoms with Crippen LogP contribution in [0.1, 0.15) is 26.3 Å². The zero-order valence-corrected chi connectivity index (χ0v) is 11.6. The van der Waals surface area contributed by atoms with Gasteiger partial charge < -0.3 is 14.9 Å². The van der Waals surface area contributed by atoms with Crippen molar-refractivity contribution in [1.29, 1.82) is 0 Å². The SMILES string of the molecule is CC(C)(C)OC(=O)Nc1cc(CO)cc(NC(=O)O)c1. The number of ether oxygens (including phenoxy) is 1. The number of benzene rings is 1. The monoisotopic (exact) mass is 282 g/mol. The summed E-state index contributed by atoms with van der Waals surface area (Å²) < 4.78 is 5.09. The van der Waals surface area contributed by atoms with Crippen LogP contribution in [0, 0.1) is 0 Å². The maximum absolute atomic E-state index is 11.6. The van der Waals surface area contributed by atoms with Gasteiger partial charge in [0.1, 0.15) is 5.60 Å². The molecule has 4 N–H and O–H groups in total. The van der Waals surface area contributed by atoms with Gasteiger partial charge in [-0.1, -0.05) is 0 Å². The average molecular weight is 282 g/mol. The third-order valence-corrected chi connectivity index (χ3v) is 2.07. The van der Waals surface area contributed by atoms with Crippen molar-refractivity contribution in [3.05, 3.63) is 23.8 Å². The van der Waals surface area contributed by atoms with Crippen LogP contribution in [0.4, 0.5) is 21.0 Å². The summed E-state index contributed by atoms with van der Waals surface area (Å²) in [5, 5.41) is 22.4. The van der Waals surface area contributed by atoms with E-state index in [-0.39, 0.29) is 12.3 Å². The molecule has 0 aliphatic heterocycles. The molecule has 0 radical (unpaired) electrons. The second kappa shape index (κ2) is 6.25. The van der Waals surface area contributed by atoms with Crippen molar-refractivity contribution in [2.45, 2.75) is 33.0 Å². The molecule has 0 fully saturated rings. The minimum atomic E-state index is -1.23. The van der Waals surface area contributed by atoms with E-state index >= 15 is 0 Å². The Morgan fingerprint density at radius 1 is 1.15 bits per heavy atom. The predicted molar refractivity (Wildman–Crippen MR) is 73.9 cm³/mol. The van der Waals surface area contributed by atoms with Crippen LogP contribution in [-0.4, -0.2) is 28.0 Å². The smallest absolute Gasteiger partial charge is 0.412 e. The number of hydrogen-bond donors (Lipinski definition) is 4. The molecule has 0 bridgehead atoms. The first-order valence-electron chi connectivity index (χ1n) is 5.94. The molecule has 110 valence electrons. The van der Waals surface area contributed by atoms with Gasteiger partial charge in [-0.2, -0.15) is 0 Å². The summed E-state index contributed by atoms with van der Waals surface area (Å²) in [4.78, 5) is 22.2. The van der Waals surface area contributed by atoms with Gasteiger partial charge in [-0.05, 0) is 44.5 Å². The average Bonchev–Trinajstić information content (AvgIpc) is 2.24. The van der Waals surface area contributed by atoms with Gasteiger partial charge in [0.2, 0.25) is 0 Å². The Bertz CT molecular complexity index is 508. The lowest BCUT2D eigenvalue weighted by molar-refractivity contribution is 0.0636. The van der Waals surface area contributed by atoms with Crippen molar-refractivity contribution in [3.8, 4) is 0 Å². The van der Waals surface area contributed by atoms with E-state index in [4.69, 9.17) is 14.9 Å². The lowest BCUT2D eigenvalue weighted by atomic mass is 10.2. The Morgan fingerprint density at radius 2 is 1.70 bits per heavy atom. The Balaban J connectivity index is 2.88. The first-order valence-corrected chi connectivity index (χ1v) is 5.94. The summed E-state index contributed by atoms with van der Waals surface area (Å²) in [6, 6.07) is 4.42. The van der Waals surface area contributed by atoms with Crippen molar-refractivity contribution in [2.75, 3.05) is 10.6 Å². The molecule has 7 heteroatoms. The zero-order chi connectivity index (χ0) is 15.3. The van der Waals surface area contributed by atoms with E-state index in [2.05, 4.69) is 10.6 Å². The second-order valence-corrected chi connectivity index (χ2v) is 5.13. The quantitative estimate of drug-likeness (QED) is 0.681. The van der Waals surface area contributed by atoms with Crippen LogP contribution in [-0.2, 0) is 11.3 Å². The van der Waals surface area contributed by atoms with Crippen molar-refractivity contribution in [1.82, 2.24) is 0 Å². The molecule has 1 aromatic rings. The Labute approximate surface area is 116 Å². The Morgan fingerprint density at radius 3 is 2.15 bits per heavy atom. The third-order valence-electron chi connectivity index (χ3n) is 2.07. The van der Waals surface area contributed by atoms with Crippen molar-refractivity contribution < 1.29 is 24.5 Å². The third kappa shape index (κ3) is 5.57. The highest BCUT2D eigenvalue weighted by Crippen LogP contribution is 2.20. The van der Waals surface area contributed by atoms with E-state index in [0.717, 1.165) is 0 Å². The molecule has 1 aromatic carbocycles. The summed E-state index contributed by atoms with van der Waals surface area (Å²) >= 11 is 0. The van der Waals surface area contributed by atoms with E-state index in [1.807, 2.05) is 0 Å². The fourth-order valence-electron chi connectivity index (χ4n) is 1.47. The summed E-state index contributed by atoms with van der Waals surface area (Å²) in [5.41, 5.74) is 0.396. The number of hydrogen-bond acceptors (Lipinski definition) is 4. The minimum Gasteiger partial charge on any atom is -0.465 e. The van der Waals surface area contributed by atoms with Crippen LogP contribution in [0.15, 0.2) is 18.2 Å². The van der Waals surface area contributed by atoms with Crippen molar-refractivity contribution >= 4 is 23.6 Å². The first-order chi connectivity index (χ1) is 9.19. The molecule has 0 spiro atoms. The topological polar surface area (TPSA) is 108 Å². The number of amides is 2. The highest BCUT2D eigenvalue weighted by molar-refractivity contribution is 5.88. The predicted octanol–water partition coefficient (Wildman–Crippen LogP) is 2.62. The van der Waals surface area contributed by atoms with Crippen molar-refractivity contribution in [3.63, 3.8) is 0 Å². The number of aliphatic hydroxyl groups is 1. The van der Waals surface area contributed by atoms with Crippen LogP contribution < -0.4 is 10.6 Å². The lowest BCUT2D eigenvalue weighted by Crippen LogP contribution is -2.27. The number of anilines is 2. The number of aliphatic hydroxyl groups excluding tert-OH is 1. The van der Waals surface area contributed by atoms with E-state index in [9.17, 15) is 9.59 Å². The summed E-state index contributed by atoms with van der Waals surface area (Å²) in [6.07, 6.45) is -1.89. The number of carbonyl (C=O) groups is 2. The van der Waals surface area contributed by atoms with Gasteiger partial charge in [-0.15, -0.1) is 0 Å². The zero-order valence-electron chi connectivity index (χ0n) is 11.6. The number of carboxylic acid groups (broad SMARTS) is 1. The summed E-state index contributed by atoms with van der Waals surface area (Å²) in [5.74, 6) is 0. The van der Waals surface area contributed by atoms with Gasteiger partial charge in [-0.3, -0.25) is 10.6 Å². The summed E-state index contributed by atoms with van der Waals surface area (Å²) in [6.45, 7) is 4.91. The normalized spacial score (nSPS) is 10.8. The van der Waals surface area contributed by atoms with Crippen molar-refractivity contribution in [2.24, 2.45) is 0 Å². The van der Waals surface area contributed by atoms with Gasteiger partial charge in [0.15, 0.2) is 0 Å². The summed E-state index contributed by atoms with van der Waals surface area (Å²) in [7, 11) is 0. The molecular formula is C13H18N2O5. The molecule has 0 saturated heterocycles. The Hall–Kier alpha value is -2.28. The second-order valence-electron chi connectivity index (χ2n) is 5.13. The minimum absolute atomic E-state index is 0.245. The molecule has 0 saturated carbocycles. The van der Waals surface area contributed by atoms with Crippen LogP contribution in [0.5, 0.6) is 0 Å². The molecule has 0 heterocycles. The molecule has 1 rings (SSSR count). The molecule has 0 atom stereocenters. The van der Waals surface area contributed by atoms with Crippen LogP contribution in [0.2, 0.25) is 0 Å². The number of rotatable bonds is 3. The molecule has 0 aromatic heterocycles. The molecule has 0 unspecified atom stereocenters. The molecule has 20 heavy (non-hydrogen) atoms. The fraction of sp³-hybridized carbons (Fsp3) is 0.385. The lowest BCUT2D eigenvalue weighted by Gasteiger charge is -2.20. The first kappa shape index (κ1) is 15.8. The van der Waals surface area contributed by atoms with E-state index in [1.165, 1.54) is 18.2 Å². The molecular weight excluding hydrogens is 264 g/mol. The molecule has 0 aliphatic rings. The maximum Gasteiger partial charge on any atom is 0.412 e. The standard InChI is InChI=1S/C13H18N2O5/c1-13(2,3)20-12(19)15-10-5-8(7-16)4-9(6-10)14-11(17)18/h4-6,14,16H,7H2,1-3H3,(H,15,19)(H,17,18). The van der Waals surface area contributed by atoms with Gasteiger partial charge in [0.05, 0.1) is 6.61 Å². The van der Waals surface area contributed by atoms with Gasteiger partial charge in [-0.25, -0.2) is 9.59 Å². The van der Waals surface area contributed by atoms with Gasteiger partial charge in [0.25, 0.3) is 0 Å². The van der Waals surface area contributed by atoms with Gasteiger partial charge in [0, 0.05) is 11.4 Å². The van der Waals surface area contributed by atoms with Crippen LogP contribution in [0.3, 0.4) is 0 Å². The van der Waals surface area contributed by atoms with E-state index in [1.54, 1.807) is 20.8 Å². The van der Waals surface area contributed by atoms with Gasteiger partial charge >= 0.3 is 12.2 Å². The highest BCUT2D eigenvalue weighted by atomic mass is 16.6. The number of nitrogens with one attached hydrogen (secondary N) is 2. The molecule has 2 amide bonds. The Kier molecular flexibility index (Phi) is 4.93. The number of carbonyl (C=O) groups excluding carboxylic acids is 1. The molecule has 0 aliphatic carbocycles. The van der Waals surface area contributed by atoms with Crippen LogP contribution >= 0.6 is 0 Å². The molecule has 7 nitrogen and oxygen atoms in total. The van der Waals surface area contributed by atoms with Crippen LogP contribution in [0.25, 0.3) is 0 Å². The largest absolute Gasteiger partial charge is 0.465 e. The highest BCUT2D eigenvalue weighted by Gasteiger charge is 2.16.